The molecule has 1 aromatic heterocycles. The van der Waals surface area contributed by atoms with E-state index in [1.54, 1.807) is 0 Å². The van der Waals surface area contributed by atoms with Crippen molar-refractivity contribution in [3.05, 3.63) is 167 Å². The molecule has 0 bridgehead atoms. The van der Waals surface area contributed by atoms with Crippen molar-refractivity contribution in [1.29, 1.82) is 0 Å². The van der Waals surface area contributed by atoms with Crippen LogP contribution < -0.4 is 15.0 Å². The molecule has 4 aromatic rings. The second-order valence-electron chi connectivity index (χ2n) is 23.8. The highest BCUT2D eigenvalue weighted by Gasteiger charge is 2.39. The summed E-state index contributed by atoms with van der Waals surface area (Å²) in [6, 6.07) is 19.5. The van der Waals surface area contributed by atoms with Crippen LogP contribution in [0.1, 0.15) is 175 Å². The Bertz CT molecular complexity index is 2580. The predicted octanol–water partition coefficient (Wildman–Crippen LogP) is 16.6. The molecule has 2 nitrogen and oxygen atoms in total. The number of fused-ring (bicyclic) bond motifs is 3. The lowest BCUT2D eigenvalue weighted by Gasteiger charge is -2.42. The Labute approximate surface area is 400 Å². The number of nitrogens with zero attached hydrogens (tertiary/aromatic N) is 1. The minimum absolute atomic E-state index is 0.00996. The Morgan fingerprint density at radius 3 is 2.03 bits per heavy atom. The van der Waals surface area contributed by atoms with E-state index in [1.807, 2.05) is 23.5 Å². The molecule has 0 spiro atoms. The first-order chi connectivity index (χ1) is 30.2. The molecule has 0 amide bonds. The van der Waals surface area contributed by atoms with Crippen LogP contribution in [0.3, 0.4) is 0 Å². The molecule has 6 rings (SSSR count). The zero-order valence-corrected chi connectivity index (χ0v) is 44.0. The molecule has 1 radical (unpaired) electrons. The summed E-state index contributed by atoms with van der Waals surface area (Å²) in [4.78, 5) is 2.64. The normalized spacial score (nSPS) is 18.4. The van der Waals surface area contributed by atoms with Crippen LogP contribution in [0.15, 0.2) is 128 Å². The van der Waals surface area contributed by atoms with Gasteiger partial charge < -0.3 is 10.2 Å². The van der Waals surface area contributed by atoms with Gasteiger partial charge in [0.2, 0.25) is 0 Å². The molecule has 0 saturated carbocycles. The van der Waals surface area contributed by atoms with Gasteiger partial charge in [-0.15, -0.1) is 23.9 Å². The monoisotopic (exact) mass is 884 g/mol. The maximum atomic E-state index is 4.38. The lowest BCUT2D eigenvalue weighted by Crippen LogP contribution is -2.35. The lowest BCUT2D eigenvalue weighted by molar-refractivity contribution is 0.332. The standard InChI is InChI=1S/C61H80BN2S/c1-19-22-23-24-34-62-55-54(45-38-50-51(39-53(45)65-55)60(15,16)33-32-59(50,13)14)64(43-28-30-47(57(7,8)9)49(37-43)58(10,11)12)42(25-20-2)31-35-63-52(26-21-3)46-40-61(17,18)48-36-41(56(4,5)6)27-29-44(46)48/h19-24,26-31,34-39,42,63H,1-2,25,32-33,40H2,3-18H3/b23-22-,26-21-,34-24+,35-31+,52-46-. The van der Waals surface area contributed by atoms with Crippen molar-refractivity contribution in [2.75, 3.05) is 4.90 Å². The molecule has 0 fully saturated rings. The Morgan fingerprint density at radius 1 is 0.769 bits per heavy atom. The van der Waals surface area contributed by atoms with Crippen molar-refractivity contribution in [2.45, 2.75) is 175 Å². The van der Waals surface area contributed by atoms with E-state index in [4.69, 9.17) is 0 Å². The van der Waals surface area contributed by atoms with Crippen molar-refractivity contribution in [2.24, 2.45) is 0 Å². The van der Waals surface area contributed by atoms with Gasteiger partial charge >= 0.3 is 0 Å². The van der Waals surface area contributed by atoms with Crippen LogP contribution in [0.5, 0.6) is 0 Å². The van der Waals surface area contributed by atoms with Crippen molar-refractivity contribution in [3.8, 4) is 0 Å². The SMILES string of the molecule is C=C/C=C\C=C\[B]c1sc2cc3c(cc2c1N(c1ccc(C(C)(C)C)c(C(C)(C)C)c1)C(/C=C/NC(/C=C\C)=C1/CC(C)(C)c2cc(C(C)(C)C)ccc21)CC=C)C(C)(C)CCC3(C)C. The van der Waals surface area contributed by atoms with E-state index in [2.05, 4.69) is 239 Å². The van der Waals surface area contributed by atoms with Crippen LogP contribution in [0, 0.1) is 0 Å². The molecule has 1 unspecified atom stereocenters. The first kappa shape index (κ1) is 49.9. The molecule has 1 N–H and O–H groups in total. The first-order valence-corrected chi connectivity index (χ1v) is 25.0. The van der Waals surface area contributed by atoms with E-state index in [0.717, 1.165) is 18.5 Å². The zero-order valence-electron chi connectivity index (χ0n) is 43.1. The van der Waals surface area contributed by atoms with E-state index >= 15 is 0 Å². The molecule has 2 aliphatic rings. The predicted molar refractivity (Wildman–Crippen MR) is 292 cm³/mol. The summed E-state index contributed by atoms with van der Waals surface area (Å²) >= 11 is 1.91. The van der Waals surface area contributed by atoms with Gasteiger partial charge in [-0.2, -0.15) is 0 Å². The number of hydrogen-bond acceptors (Lipinski definition) is 3. The van der Waals surface area contributed by atoms with Crippen LogP contribution in [-0.2, 0) is 32.5 Å². The molecular weight excluding hydrogens is 804 g/mol. The smallest absolute Gasteiger partial charge is 0.198 e. The molecular formula is C61H80BN2S. The van der Waals surface area contributed by atoms with E-state index in [9.17, 15) is 0 Å². The van der Waals surface area contributed by atoms with Gasteiger partial charge in [0.15, 0.2) is 7.28 Å². The third-order valence-corrected chi connectivity index (χ3v) is 15.1. The summed E-state index contributed by atoms with van der Waals surface area (Å²) in [5.74, 6) is 2.18. The number of rotatable bonds is 13. The highest BCUT2D eigenvalue weighted by atomic mass is 32.1. The van der Waals surface area contributed by atoms with E-state index in [-0.39, 0.29) is 38.5 Å². The number of thiophene rings is 1. The molecule has 2 aliphatic carbocycles. The second kappa shape index (κ2) is 18.6. The van der Waals surface area contributed by atoms with Crippen molar-refractivity contribution >= 4 is 50.4 Å². The van der Waals surface area contributed by atoms with Crippen LogP contribution in [0.4, 0.5) is 11.4 Å². The van der Waals surface area contributed by atoms with Gasteiger partial charge in [0.25, 0.3) is 0 Å². The van der Waals surface area contributed by atoms with Gasteiger partial charge in [-0.1, -0.05) is 171 Å². The van der Waals surface area contributed by atoms with E-state index < -0.39 is 0 Å². The highest BCUT2D eigenvalue weighted by molar-refractivity contribution is 7.28. The first-order valence-electron chi connectivity index (χ1n) is 24.2. The second-order valence-corrected chi connectivity index (χ2v) is 24.9. The maximum absolute atomic E-state index is 4.38. The number of benzene rings is 3. The van der Waals surface area contributed by atoms with E-state index in [1.165, 1.54) is 83.6 Å². The van der Waals surface area contributed by atoms with Crippen LogP contribution >= 0.6 is 11.3 Å². The Kier molecular flexibility index (Phi) is 14.3. The van der Waals surface area contributed by atoms with Crippen LogP contribution in [0.25, 0.3) is 15.7 Å². The Hall–Kier alpha value is -4.54. The maximum Gasteiger partial charge on any atom is 0.198 e. The van der Waals surface area contributed by atoms with E-state index in [0.29, 0.717) is 0 Å². The summed E-state index contributed by atoms with van der Waals surface area (Å²) in [6.07, 6.45) is 23.1. The van der Waals surface area contributed by atoms with Crippen LogP contribution in [-0.4, -0.2) is 13.3 Å². The van der Waals surface area contributed by atoms with Gasteiger partial charge in [0.1, 0.15) is 0 Å². The molecule has 3 aromatic carbocycles. The average Bonchev–Trinajstić information content (AvgIpc) is 3.70. The summed E-state index contributed by atoms with van der Waals surface area (Å²) in [5, 5.41) is 5.19. The average molecular weight is 884 g/mol. The topological polar surface area (TPSA) is 15.3 Å². The lowest BCUT2D eigenvalue weighted by atomic mass is 9.63. The molecule has 0 saturated heterocycles. The fraction of sp³-hybridized carbons (Fsp3) is 0.443. The van der Waals surface area contributed by atoms with Crippen molar-refractivity contribution in [3.63, 3.8) is 0 Å². The molecule has 0 aliphatic heterocycles. The summed E-state index contributed by atoms with van der Waals surface area (Å²) in [6.45, 7) is 46.0. The Morgan fingerprint density at radius 2 is 1.43 bits per heavy atom. The minimum Gasteiger partial charge on any atom is -0.362 e. The van der Waals surface area contributed by atoms with Gasteiger partial charge in [-0.05, 0) is 157 Å². The van der Waals surface area contributed by atoms with Gasteiger partial charge in [-0.25, -0.2) is 0 Å². The zero-order chi connectivity index (χ0) is 47.9. The van der Waals surface area contributed by atoms with Gasteiger partial charge in [0, 0.05) is 21.5 Å². The minimum atomic E-state index is -0.0667. The van der Waals surface area contributed by atoms with Gasteiger partial charge in [-0.3, -0.25) is 0 Å². The quantitative estimate of drug-likeness (QED) is 0.0818. The Balaban J connectivity index is 1.61. The molecule has 4 heteroatoms. The number of hydrogen-bond donors (Lipinski definition) is 1. The molecule has 1 atom stereocenters. The third-order valence-electron chi connectivity index (χ3n) is 14.0. The summed E-state index contributed by atoms with van der Waals surface area (Å²) in [7, 11) is 2.32. The summed E-state index contributed by atoms with van der Waals surface area (Å²) in [5.41, 5.74) is 15.1. The largest absolute Gasteiger partial charge is 0.362 e. The highest BCUT2D eigenvalue weighted by Crippen LogP contribution is 2.51. The van der Waals surface area contributed by atoms with Crippen molar-refractivity contribution < 1.29 is 0 Å². The van der Waals surface area contributed by atoms with Crippen LogP contribution in [0.2, 0.25) is 0 Å². The fourth-order valence-electron chi connectivity index (χ4n) is 10.1. The van der Waals surface area contributed by atoms with Crippen molar-refractivity contribution in [1.82, 2.24) is 5.32 Å². The number of allylic oxidation sites excluding steroid dienone is 7. The summed E-state index contributed by atoms with van der Waals surface area (Å²) < 4.78 is 2.57. The number of nitrogens with one attached hydrogen (secondary N) is 1. The molecule has 343 valence electrons. The fourth-order valence-corrected chi connectivity index (χ4v) is 11.2. The molecule has 65 heavy (non-hydrogen) atoms. The molecule has 1 heterocycles. The number of anilines is 2. The third kappa shape index (κ3) is 10.5. The van der Waals surface area contributed by atoms with Gasteiger partial charge in [0.05, 0.1) is 11.7 Å².